The number of thiophene rings is 1. The molecule has 0 atom stereocenters. The molecule has 0 spiro atoms. The molecule has 3 rings (SSSR count). The first kappa shape index (κ1) is 29.0. The monoisotopic (exact) mass is 538 g/mol. The van der Waals surface area contributed by atoms with Crippen LogP contribution < -0.4 is 14.2 Å². The van der Waals surface area contributed by atoms with Crippen LogP contribution in [-0.4, -0.2) is 62.6 Å². The van der Waals surface area contributed by atoms with E-state index in [-0.39, 0.29) is 24.8 Å². The first-order chi connectivity index (χ1) is 18.5. The lowest BCUT2D eigenvalue weighted by Crippen LogP contribution is -2.44. The molecule has 8 heteroatoms. The van der Waals surface area contributed by atoms with Gasteiger partial charge in [0.25, 0.3) is 0 Å². The quantitative estimate of drug-likeness (QED) is 0.266. The Morgan fingerprint density at radius 1 is 0.816 bits per heavy atom. The molecule has 204 valence electrons. The number of hydrogen-bond donors (Lipinski definition) is 0. The summed E-state index contributed by atoms with van der Waals surface area (Å²) >= 11 is 1.62. The Kier molecular flexibility index (Phi) is 11.5. The number of carbonyl (C=O) groups is 2. The van der Waals surface area contributed by atoms with Gasteiger partial charge < -0.3 is 24.0 Å². The maximum atomic E-state index is 13.6. The van der Waals surface area contributed by atoms with Crippen LogP contribution in [0.15, 0.2) is 60.0 Å². The van der Waals surface area contributed by atoms with Gasteiger partial charge in [0.1, 0.15) is 5.75 Å². The van der Waals surface area contributed by atoms with Crippen molar-refractivity contribution in [2.75, 3.05) is 41.0 Å². The lowest BCUT2D eigenvalue weighted by Gasteiger charge is -2.28. The average molecular weight is 539 g/mol. The first-order valence-corrected chi connectivity index (χ1v) is 13.8. The van der Waals surface area contributed by atoms with Gasteiger partial charge in [-0.25, -0.2) is 0 Å². The van der Waals surface area contributed by atoms with Gasteiger partial charge in [-0.3, -0.25) is 9.59 Å². The molecule has 3 aromatic rings. The van der Waals surface area contributed by atoms with Gasteiger partial charge in [0.05, 0.1) is 40.8 Å². The van der Waals surface area contributed by atoms with Crippen LogP contribution in [0.5, 0.6) is 17.2 Å². The Bertz CT molecular complexity index is 1150. The van der Waals surface area contributed by atoms with Crippen molar-refractivity contribution in [1.82, 2.24) is 9.80 Å². The van der Waals surface area contributed by atoms with Crippen molar-refractivity contribution in [3.8, 4) is 17.2 Å². The minimum atomic E-state index is -0.0574. The van der Waals surface area contributed by atoms with E-state index in [1.54, 1.807) is 37.6 Å². The zero-order valence-electron chi connectivity index (χ0n) is 22.8. The minimum absolute atomic E-state index is 0.0482. The van der Waals surface area contributed by atoms with Crippen molar-refractivity contribution in [3.63, 3.8) is 0 Å². The SMILES string of the molecule is CCCCN(CC(=O)N(CCc1ccc(OC)c(OC)c1)Cc1cccs1)C(=O)Cc1ccc(OC)cc1. The Balaban J connectivity index is 1.72. The van der Waals surface area contributed by atoms with Crippen LogP contribution in [-0.2, 0) is 29.0 Å². The summed E-state index contributed by atoms with van der Waals surface area (Å²) in [6.45, 7) is 3.74. The number of hydrogen-bond acceptors (Lipinski definition) is 6. The highest BCUT2D eigenvalue weighted by Gasteiger charge is 2.22. The molecule has 0 aliphatic carbocycles. The van der Waals surface area contributed by atoms with Crippen LogP contribution in [0.4, 0.5) is 0 Å². The van der Waals surface area contributed by atoms with E-state index in [1.165, 1.54) is 0 Å². The zero-order chi connectivity index (χ0) is 27.3. The highest BCUT2D eigenvalue weighted by atomic mass is 32.1. The van der Waals surface area contributed by atoms with Gasteiger partial charge in [-0.15, -0.1) is 11.3 Å². The highest BCUT2D eigenvalue weighted by molar-refractivity contribution is 7.09. The Labute approximate surface area is 229 Å². The number of benzene rings is 2. The molecular weight excluding hydrogens is 500 g/mol. The summed E-state index contributed by atoms with van der Waals surface area (Å²) in [6.07, 6.45) is 2.70. The average Bonchev–Trinajstić information content (AvgIpc) is 3.46. The van der Waals surface area contributed by atoms with Crippen LogP contribution >= 0.6 is 11.3 Å². The van der Waals surface area contributed by atoms with Crippen molar-refractivity contribution in [2.45, 2.75) is 39.2 Å². The van der Waals surface area contributed by atoms with Crippen molar-refractivity contribution in [1.29, 1.82) is 0 Å². The summed E-state index contributed by atoms with van der Waals surface area (Å²) < 4.78 is 16.0. The second-order valence-corrected chi connectivity index (χ2v) is 10.1. The highest BCUT2D eigenvalue weighted by Crippen LogP contribution is 2.28. The summed E-state index contributed by atoms with van der Waals surface area (Å²) in [5.74, 6) is 1.98. The van der Waals surface area contributed by atoms with Crippen LogP contribution in [0.3, 0.4) is 0 Å². The molecule has 0 radical (unpaired) electrons. The molecule has 0 aliphatic heterocycles. The lowest BCUT2D eigenvalue weighted by atomic mass is 10.1. The molecule has 38 heavy (non-hydrogen) atoms. The number of ether oxygens (including phenoxy) is 3. The van der Waals surface area contributed by atoms with Crippen LogP contribution in [0.2, 0.25) is 0 Å². The van der Waals surface area contributed by atoms with Crippen molar-refractivity contribution in [2.24, 2.45) is 0 Å². The first-order valence-electron chi connectivity index (χ1n) is 12.9. The van der Waals surface area contributed by atoms with E-state index in [4.69, 9.17) is 14.2 Å². The molecule has 2 amide bonds. The van der Waals surface area contributed by atoms with Crippen molar-refractivity contribution < 1.29 is 23.8 Å². The number of unbranched alkanes of at least 4 members (excludes halogenated alkanes) is 1. The predicted molar refractivity (Wildman–Crippen MR) is 151 cm³/mol. The van der Waals surface area contributed by atoms with E-state index in [9.17, 15) is 9.59 Å². The number of nitrogens with zero attached hydrogens (tertiary/aromatic N) is 2. The zero-order valence-corrected chi connectivity index (χ0v) is 23.6. The van der Waals surface area contributed by atoms with E-state index >= 15 is 0 Å². The van der Waals surface area contributed by atoms with E-state index in [2.05, 4.69) is 6.92 Å². The van der Waals surface area contributed by atoms with E-state index < -0.39 is 0 Å². The maximum Gasteiger partial charge on any atom is 0.242 e. The van der Waals surface area contributed by atoms with Gasteiger partial charge in [-0.2, -0.15) is 0 Å². The number of methoxy groups -OCH3 is 3. The predicted octanol–water partition coefficient (Wildman–Crippen LogP) is 5.22. The molecule has 0 N–H and O–H groups in total. The third-order valence-corrected chi connectivity index (χ3v) is 7.23. The van der Waals surface area contributed by atoms with Gasteiger partial charge in [0.15, 0.2) is 11.5 Å². The fourth-order valence-electron chi connectivity index (χ4n) is 4.12. The fourth-order valence-corrected chi connectivity index (χ4v) is 4.84. The van der Waals surface area contributed by atoms with Gasteiger partial charge in [-0.05, 0) is 59.7 Å². The van der Waals surface area contributed by atoms with Gasteiger partial charge in [0.2, 0.25) is 11.8 Å². The molecule has 1 aromatic heterocycles. The van der Waals surface area contributed by atoms with E-state index in [1.807, 2.05) is 64.9 Å². The molecule has 7 nitrogen and oxygen atoms in total. The largest absolute Gasteiger partial charge is 0.497 e. The maximum absolute atomic E-state index is 13.6. The van der Waals surface area contributed by atoms with Crippen LogP contribution in [0, 0.1) is 0 Å². The normalized spacial score (nSPS) is 10.6. The smallest absolute Gasteiger partial charge is 0.242 e. The molecule has 1 heterocycles. The summed E-state index contributed by atoms with van der Waals surface area (Å²) in [7, 11) is 4.84. The van der Waals surface area contributed by atoms with Gasteiger partial charge in [0, 0.05) is 18.0 Å². The van der Waals surface area contributed by atoms with Crippen molar-refractivity contribution >= 4 is 23.2 Å². The Morgan fingerprint density at radius 3 is 2.18 bits per heavy atom. The van der Waals surface area contributed by atoms with Gasteiger partial charge >= 0.3 is 0 Å². The number of rotatable bonds is 15. The fraction of sp³-hybridized carbons (Fsp3) is 0.400. The van der Waals surface area contributed by atoms with E-state index in [0.29, 0.717) is 37.6 Å². The van der Waals surface area contributed by atoms with Crippen LogP contribution in [0.1, 0.15) is 35.8 Å². The third-order valence-electron chi connectivity index (χ3n) is 6.37. The summed E-state index contributed by atoms with van der Waals surface area (Å²) in [5.41, 5.74) is 1.94. The molecule has 2 aromatic carbocycles. The Morgan fingerprint density at radius 2 is 1.55 bits per heavy atom. The lowest BCUT2D eigenvalue weighted by molar-refractivity contribution is -0.140. The molecule has 0 bridgehead atoms. The molecule has 0 aliphatic rings. The Hall–Kier alpha value is -3.52. The van der Waals surface area contributed by atoms with Crippen molar-refractivity contribution in [3.05, 3.63) is 76.0 Å². The summed E-state index contributed by atoms with van der Waals surface area (Å²) in [4.78, 5) is 31.5. The van der Waals surface area contributed by atoms with E-state index in [0.717, 1.165) is 34.6 Å². The summed E-state index contributed by atoms with van der Waals surface area (Å²) in [5, 5.41) is 2.01. The number of amides is 2. The topological polar surface area (TPSA) is 68.3 Å². The summed E-state index contributed by atoms with van der Waals surface area (Å²) in [6, 6.07) is 17.3. The third kappa shape index (κ3) is 8.52. The standard InChI is InChI=1S/C30H38N2O5S/c1-5-6-16-31(29(33)20-23-9-12-25(35-2)13-10-23)22-30(34)32(21-26-8-7-18-38-26)17-15-24-11-14-27(36-3)28(19-24)37-4/h7-14,18-19H,5-6,15-17,20-22H2,1-4H3. The molecule has 0 saturated heterocycles. The molecule has 0 saturated carbocycles. The molecular formula is C30H38N2O5S. The van der Waals surface area contributed by atoms with Crippen LogP contribution in [0.25, 0.3) is 0 Å². The second kappa shape index (κ2) is 15.0. The minimum Gasteiger partial charge on any atom is -0.497 e. The van der Waals surface area contributed by atoms with Gasteiger partial charge in [-0.1, -0.05) is 37.6 Å². The molecule has 0 unspecified atom stereocenters. The number of carbonyl (C=O) groups excluding carboxylic acids is 2. The molecule has 0 fully saturated rings. The second-order valence-electron chi connectivity index (χ2n) is 9.03.